The summed E-state index contributed by atoms with van der Waals surface area (Å²) in [5, 5.41) is 12.1. The van der Waals surface area contributed by atoms with Crippen molar-refractivity contribution in [3.63, 3.8) is 0 Å². The molecule has 0 bridgehead atoms. The van der Waals surface area contributed by atoms with Gasteiger partial charge in [-0.2, -0.15) is 0 Å². The molecule has 0 aliphatic carbocycles. The molecule has 1 aromatic heterocycles. The fourth-order valence-corrected chi connectivity index (χ4v) is 2.00. The summed E-state index contributed by atoms with van der Waals surface area (Å²) in [6, 6.07) is 7.80. The number of fused-ring (bicyclic) bond motifs is 1. The van der Waals surface area contributed by atoms with E-state index in [1.54, 1.807) is 0 Å². The quantitative estimate of drug-likeness (QED) is 0.776. The van der Waals surface area contributed by atoms with Gasteiger partial charge in [0.15, 0.2) is 0 Å². The van der Waals surface area contributed by atoms with Crippen molar-refractivity contribution in [3.8, 4) is 0 Å². The van der Waals surface area contributed by atoms with Crippen LogP contribution in [-0.2, 0) is 17.9 Å². The zero-order valence-electron chi connectivity index (χ0n) is 10.4. The highest BCUT2D eigenvalue weighted by molar-refractivity contribution is 5.75. The first-order valence-corrected chi connectivity index (χ1v) is 6.02. The van der Waals surface area contributed by atoms with Crippen LogP contribution in [0, 0.1) is 0 Å². The molecular formula is C13H17N3O2. The average Bonchev–Trinajstić information content (AvgIpc) is 2.72. The molecule has 0 aliphatic heterocycles. The molecular weight excluding hydrogens is 230 g/mol. The minimum Gasteiger partial charge on any atom is -0.388 e. The van der Waals surface area contributed by atoms with Crippen molar-refractivity contribution >= 4 is 16.9 Å². The Morgan fingerprint density at radius 3 is 2.94 bits per heavy atom. The molecule has 0 saturated heterocycles. The predicted octanol–water partition coefficient (Wildman–Crippen LogP) is 1.05. The first-order valence-electron chi connectivity index (χ1n) is 6.02. The third-order valence-electron chi connectivity index (χ3n) is 2.81. The van der Waals surface area contributed by atoms with Gasteiger partial charge in [-0.15, -0.1) is 0 Å². The van der Waals surface area contributed by atoms with Crippen molar-refractivity contribution in [1.82, 2.24) is 14.9 Å². The Bertz CT molecular complexity index is 548. The monoisotopic (exact) mass is 247 g/mol. The van der Waals surface area contributed by atoms with Crippen LogP contribution in [-0.4, -0.2) is 27.1 Å². The van der Waals surface area contributed by atoms with E-state index >= 15 is 0 Å². The molecule has 2 N–H and O–H groups in total. The number of rotatable bonds is 5. The van der Waals surface area contributed by atoms with Gasteiger partial charge in [-0.3, -0.25) is 4.79 Å². The van der Waals surface area contributed by atoms with Crippen LogP contribution < -0.4 is 5.32 Å². The average molecular weight is 247 g/mol. The first-order chi connectivity index (χ1) is 8.72. The number of nitrogens with zero attached hydrogens (tertiary/aromatic N) is 2. The normalized spacial score (nSPS) is 10.8. The lowest BCUT2D eigenvalue weighted by Gasteiger charge is -2.08. The molecule has 0 atom stereocenters. The molecule has 0 fully saturated rings. The van der Waals surface area contributed by atoms with Crippen LogP contribution in [0.15, 0.2) is 24.3 Å². The second-order valence-electron chi connectivity index (χ2n) is 4.16. The standard InChI is InChI=1S/C13H17N3O2/c1-10(18)14-7-4-8-16-12-6-3-2-5-11(12)15-13(16)9-17/h2-3,5-6,17H,4,7-9H2,1H3,(H,14,18). The molecule has 0 saturated carbocycles. The van der Waals surface area contributed by atoms with Crippen LogP contribution in [0.5, 0.6) is 0 Å². The Morgan fingerprint density at radius 2 is 2.22 bits per heavy atom. The molecule has 5 heteroatoms. The molecule has 0 aliphatic rings. The number of aliphatic hydroxyl groups excluding tert-OH is 1. The van der Waals surface area contributed by atoms with Crippen molar-refractivity contribution in [1.29, 1.82) is 0 Å². The first kappa shape index (κ1) is 12.6. The van der Waals surface area contributed by atoms with E-state index in [1.807, 2.05) is 28.8 Å². The number of aromatic nitrogens is 2. The number of nitrogens with one attached hydrogen (secondary N) is 1. The molecule has 0 radical (unpaired) electrons. The Kier molecular flexibility index (Phi) is 3.94. The highest BCUT2D eigenvalue weighted by Crippen LogP contribution is 2.16. The molecule has 0 unspecified atom stereocenters. The van der Waals surface area contributed by atoms with Crippen molar-refractivity contribution in [2.45, 2.75) is 26.5 Å². The highest BCUT2D eigenvalue weighted by atomic mass is 16.3. The van der Waals surface area contributed by atoms with E-state index in [0.29, 0.717) is 12.4 Å². The lowest BCUT2D eigenvalue weighted by molar-refractivity contribution is -0.118. The third kappa shape index (κ3) is 2.68. The van der Waals surface area contributed by atoms with Gasteiger partial charge in [0.25, 0.3) is 0 Å². The van der Waals surface area contributed by atoms with Gasteiger partial charge in [-0.1, -0.05) is 12.1 Å². The second kappa shape index (κ2) is 5.64. The predicted molar refractivity (Wildman–Crippen MR) is 69.0 cm³/mol. The van der Waals surface area contributed by atoms with E-state index in [2.05, 4.69) is 10.3 Å². The van der Waals surface area contributed by atoms with E-state index in [4.69, 9.17) is 0 Å². The molecule has 96 valence electrons. The van der Waals surface area contributed by atoms with E-state index < -0.39 is 0 Å². The fourth-order valence-electron chi connectivity index (χ4n) is 2.00. The number of aryl methyl sites for hydroxylation is 1. The van der Waals surface area contributed by atoms with Crippen molar-refractivity contribution < 1.29 is 9.90 Å². The van der Waals surface area contributed by atoms with E-state index in [9.17, 15) is 9.90 Å². The maximum atomic E-state index is 10.8. The van der Waals surface area contributed by atoms with Crippen molar-refractivity contribution in [3.05, 3.63) is 30.1 Å². The zero-order valence-corrected chi connectivity index (χ0v) is 10.4. The second-order valence-corrected chi connectivity index (χ2v) is 4.16. The Morgan fingerprint density at radius 1 is 1.44 bits per heavy atom. The van der Waals surface area contributed by atoms with Gasteiger partial charge < -0.3 is 15.0 Å². The topological polar surface area (TPSA) is 67.2 Å². The summed E-state index contributed by atoms with van der Waals surface area (Å²) in [5.41, 5.74) is 1.91. The molecule has 1 aromatic carbocycles. The number of aliphatic hydroxyl groups is 1. The largest absolute Gasteiger partial charge is 0.388 e. The minimum absolute atomic E-state index is 0.0205. The smallest absolute Gasteiger partial charge is 0.216 e. The lowest BCUT2D eigenvalue weighted by Crippen LogP contribution is -2.22. The number of amides is 1. The number of hydrogen-bond donors (Lipinski definition) is 2. The molecule has 1 amide bonds. The molecule has 0 spiro atoms. The third-order valence-corrected chi connectivity index (χ3v) is 2.81. The number of hydrogen-bond acceptors (Lipinski definition) is 3. The summed E-state index contributed by atoms with van der Waals surface area (Å²) in [7, 11) is 0. The van der Waals surface area contributed by atoms with Gasteiger partial charge in [0.2, 0.25) is 5.91 Å². The number of carbonyl (C=O) groups excluding carboxylic acids is 1. The molecule has 2 rings (SSSR count). The minimum atomic E-state index is -0.0746. The van der Waals surface area contributed by atoms with E-state index in [0.717, 1.165) is 24.0 Å². The van der Waals surface area contributed by atoms with Crippen LogP contribution in [0.4, 0.5) is 0 Å². The highest BCUT2D eigenvalue weighted by Gasteiger charge is 2.08. The van der Waals surface area contributed by atoms with Gasteiger partial charge in [0, 0.05) is 20.0 Å². The SMILES string of the molecule is CC(=O)NCCCn1c(CO)nc2ccccc21. The molecule has 1 heterocycles. The maximum absolute atomic E-state index is 10.8. The summed E-state index contributed by atoms with van der Waals surface area (Å²) < 4.78 is 2.00. The van der Waals surface area contributed by atoms with Crippen molar-refractivity contribution in [2.24, 2.45) is 0 Å². The van der Waals surface area contributed by atoms with Gasteiger partial charge in [0.1, 0.15) is 12.4 Å². The maximum Gasteiger partial charge on any atom is 0.216 e. The van der Waals surface area contributed by atoms with Gasteiger partial charge in [-0.25, -0.2) is 4.98 Å². The van der Waals surface area contributed by atoms with E-state index in [1.165, 1.54) is 6.92 Å². The zero-order chi connectivity index (χ0) is 13.0. The summed E-state index contributed by atoms with van der Waals surface area (Å²) in [4.78, 5) is 15.1. The van der Waals surface area contributed by atoms with Gasteiger partial charge in [-0.05, 0) is 18.6 Å². The van der Waals surface area contributed by atoms with Crippen LogP contribution in [0.25, 0.3) is 11.0 Å². The van der Waals surface area contributed by atoms with Crippen LogP contribution in [0.3, 0.4) is 0 Å². The van der Waals surface area contributed by atoms with Crippen LogP contribution in [0.2, 0.25) is 0 Å². The molecule has 18 heavy (non-hydrogen) atoms. The Balaban J connectivity index is 2.13. The van der Waals surface area contributed by atoms with Gasteiger partial charge in [0.05, 0.1) is 11.0 Å². The van der Waals surface area contributed by atoms with Crippen LogP contribution >= 0.6 is 0 Å². The summed E-state index contributed by atoms with van der Waals surface area (Å²) in [6.45, 7) is 2.80. The summed E-state index contributed by atoms with van der Waals surface area (Å²) in [6.07, 6.45) is 0.812. The summed E-state index contributed by atoms with van der Waals surface area (Å²) in [5.74, 6) is 0.645. The lowest BCUT2D eigenvalue weighted by atomic mass is 10.3. The fraction of sp³-hybridized carbons (Fsp3) is 0.385. The number of benzene rings is 1. The number of imidazole rings is 1. The van der Waals surface area contributed by atoms with E-state index in [-0.39, 0.29) is 12.5 Å². The van der Waals surface area contributed by atoms with Crippen molar-refractivity contribution in [2.75, 3.05) is 6.54 Å². The van der Waals surface area contributed by atoms with Gasteiger partial charge >= 0.3 is 0 Å². The number of carbonyl (C=O) groups is 1. The van der Waals surface area contributed by atoms with Crippen LogP contribution in [0.1, 0.15) is 19.2 Å². The molecule has 2 aromatic rings. The summed E-state index contributed by atoms with van der Waals surface area (Å²) >= 11 is 0. The molecule has 5 nitrogen and oxygen atoms in total. The number of para-hydroxylation sites is 2. The Labute approximate surface area is 105 Å². The Hall–Kier alpha value is -1.88.